The van der Waals surface area contributed by atoms with Crippen molar-refractivity contribution >= 4 is 11.6 Å². The number of anilines is 1. The lowest BCUT2D eigenvalue weighted by Crippen LogP contribution is -2.46. The Labute approximate surface area is 118 Å². The zero-order chi connectivity index (χ0) is 13.6. The highest BCUT2D eigenvalue weighted by molar-refractivity contribution is 5.83. The van der Waals surface area contributed by atoms with Gasteiger partial charge in [0.2, 0.25) is 0 Å². The first-order valence-corrected chi connectivity index (χ1v) is 7.54. The van der Waals surface area contributed by atoms with Crippen LogP contribution in [-0.4, -0.2) is 25.1 Å². The van der Waals surface area contributed by atoms with Crippen molar-refractivity contribution in [1.82, 2.24) is 5.32 Å². The van der Waals surface area contributed by atoms with Crippen molar-refractivity contribution in [1.29, 1.82) is 0 Å². The molecule has 1 aliphatic heterocycles. The van der Waals surface area contributed by atoms with Gasteiger partial charge in [-0.15, -0.1) is 0 Å². The molecule has 0 spiro atoms. The van der Waals surface area contributed by atoms with Crippen LogP contribution in [0.5, 0.6) is 5.75 Å². The van der Waals surface area contributed by atoms with Crippen molar-refractivity contribution in [3.63, 3.8) is 0 Å². The van der Waals surface area contributed by atoms with E-state index in [2.05, 4.69) is 10.6 Å². The number of fused-ring (bicyclic) bond motifs is 1. The quantitative estimate of drug-likeness (QED) is 0.883. The zero-order valence-corrected chi connectivity index (χ0v) is 11.5. The highest BCUT2D eigenvalue weighted by Crippen LogP contribution is 2.60. The van der Waals surface area contributed by atoms with E-state index in [1.807, 2.05) is 24.3 Å². The summed E-state index contributed by atoms with van der Waals surface area (Å²) in [5.41, 5.74) is 1.41. The van der Waals surface area contributed by atoms with Gasteiger partial charge in [-0.05, 0) is 49.1 Å². The summed E-state index contributed by atoms with van der Waals surface area (Å²) in [5.74, 6) is 1.65. The summed E-state index contributed by atoms with van der Waals surface area (Å²) >= 11 is 0. The van der Waals surface area contributed by atoms with Crippen LogP contribution in [0.15, 0.2) is 24.3 Å². The van der Waals surface area contributed by atoms with Crippen LogP contribution in [0.3, 0.4) is 0 Å². The van der Waals surface area contributed by atoms with E-state index in [9.17, 15) is 4.79 Å². The number of ether oxygens (including phenoxy) is 1. The lowest BCUT2D eigenvalue weighted by molar-refractivity contribution is -0.127. The van der Waals surface area contributed by atoms with E-state index >= 15 is 0 Å². The SMILES string of the molecule is O=C(NCC1(C2CC2)CC1)C1CNc2ccccc2O1. The van der Waals surface area contributed by atoms with Crippen LogP contribution in [0, 0.1) is 11.3 Å². The molecule has 2 fully saturated rings. The van der Waals surface area contributed by atoms with E-state index in [1.54, 1.807) is 0 Å². The van der Waals surface area contributed by atoms with Gasteiger partial charge in [0.25, 0.3) is 5.91 Å². The number of carbonyl (C=O) groups excluding carboxylic acids is 1. The van der Waals surface area contributed by atoms with Gasteiger partial charge >= 0.3 is 0 Å². The predicted octanol–water partition coefficient (Wildman–Crippen LogP) is 2.17. The second-order valence-electron chi connectivity index (χ2n) is 6.34. The van der Waals surface area contributed by atoms with Gasteiger partial charge in [-0.2, -0.15) is 0 Å². The second kappa shape index (κ2) is 4.40. The predicted molar refractivity (Wildman–Crippen MR) is 76.7 cm³/mol. The minimum atomic E-state index is -0.417. The molecule has 2 aliphatic carbocycles. The van der Waals surface area contributed by atoms with Gasteiger partial charge in [0.05, 0.1) is 12.2 Å². The highest BCUT2D eigenvalue weighted by Gasteiger charge is 2.53. The third-order valence-electron chi connectivity index (χ3n) is 4.88. The monoisotopic (exact) mass is 272 g/mol. The smallest absolute Gasteiger partial charge is 0.262 e. The lowest BCUT2D eigenvalue weighted by atomic mass is 10.0. The molecule has 0 aromatic heterocycles. The summed E-state index contributed by atoms with van der Waals surface area (Å²) in [6.45, 7) is 1.37. The second-order valence-corrected chi connectivity index (χ2v) is 6.34. The molecule has 2 N–H and O–H groups in total. The Morgan fingerprint density at radius 3 is 2.90 bits per heavy atom. The van der Waals surface area contributed by atoms with Gasteiger partial charge in [-0.1, -0.05) is 12.1 Å². The number of para-hydroxylation sites is 2. The van der Waals surface area contributed by atoms with Crippen LogP contribution < -0.4 is 15.4 Å². The molecule has 1 aromatic rings. The number of nitrogens with one attached hydrogen (secondary N) is 2. The van der Waals surface area contributed by atoms with Gasteiger partial charge in [-0.3, -0.25) is 4.79 Å². The Bertz CT molecular complexity index is 535. The first-order chi connectivity index (χ1) is 9.77. The number of hydrogen-bond donors (Lipinski definition) is 2. The van der Waals surface area contributed by atoms with Crippen LogP contribution in [0.4, 0.5) is 5.69 Å². The van der Waals surface area contributed by atoms with Crippen LogP contribution in [0.2, 0.25) is 0 Å². The Hall–Kier alpha value is -1.71. The molecule has 20 heavy (non-hydrogen) atoms. The molecule has 4 nitrogen and oxygen atoms in total. The van der Waals surface area contributed by atoms with E-state index in [4.69, 9.17) is 4.74 Å². The van der Waals surface area contributed by atoms with Gasteiger partial charge in [0, 0.05) is 6.54 Å². The molecule has 1 aromatic carbocycles. The number of rotatable bonds is 4. The highest BCUT2D eigenvalue weighted by atomic mass is 16.5. The van der Waals surface area contributed by atoms with Crippen LogP contribution >= 0.6 is 0 Å². The molecule has 0 saturated heterocycles. The fourth-order valence-electron chi connectivity index (χ4n) is 3.22. The normalized spacial score (nSPS) is 25.9. The maximum atomic E-state index is 12.2. The maximum absolute atomic E-state index is 12.2. The number of hydrogen-bond acceptors (Lipinski definition) is 3. The average molecular weight is 272 g/mol. The van der Waals surface area contributed by atoms with E-state index in [-0.39, 0.29) is 5.91 Å². The maximum Gasteiger partial charge on any atom is 0.262 e. The zero-order valence-electron chi connectivity index (χ0n) is 11.5. The van der Waals surface area contributed by atoms with Crippen molar-refractivity contribution in [2.24, 2.45) is 11.3 Å². The summed E-state index contributed by atoms with van der Waals surface area (Å²) in [5, 5.41) is 6.36. The standard InChI is InChI=1S/C16H20N2O2/c19-15(18-10-16(7-8-16)11-5-6-11)14-9-17-12-3-1-2-4-13(12)20-14/h1-4,11,14,17H,5-10H2,(H,18,19). The van der Waals surface area contributed by atoms with Crippen LogP contribution in [0.1, 0.15) is 25.7 Å². The van der Waals surface area contributed by atoms with Crippen molar-refractivity contribution in [2.75, 3.05) is 18.4 Å². The Morgan fingerprint density at radius 1 is 1.35 bits per heavy atom. The Kier molecular flexibility index (Phi) is 2.65. The van der Waals surface area contributed by atoms with Gasteiger partial charge < -0.3 is 15.4 Å². The molecule has 4 heteroatoms. The van der Waals surface area contributed by atoms with Crippen LogP contribution in [-0.2, 0) is 4.79 Å². The summed E-state index contributed by atoms with van der Waals surface area (Å²) in [4.78, 5) is 12.2. The first-order valence-electron chi connectivity index (χ1n) is 7.54. The van der Waals surface area contributed by atoms with E-state index in [0.29, 0.717) is 12.0 Å². The summed E-state index contributed by atoms with van der Waals surface area (Å²) in [6, 6.07) is 7.75. The molecule has 4 rings (SSSR count). The summed E-state index contributed by atoms with van der Waals surface area (Å²) in [7, 11) is 0. The van der Waals surface area contributed by atoms with Crippen molar-refractivity contribution < 1.29 is 9.53 Å². The van der Waals surface area contributed by atoms with Crippen molar-refractivity contribution in [2.45, 2.75) is 31.8 Å². The summed E-state index contributed by atoms with van der Waals surface area (Å²) < 4.78 is 5.78. The Balaban J connectivity index is 1.35. The number of carbonyl (C=O) groups is 1. The van der Waals surface area contributed by atoms with Crippen LogP contribution in [0.25, 0.3) is 0 Å². The molecule has 1 atom stereocenters. The topological polar surface area (TPSA) is 50.4 Å². The van der Waals surface area contributed by atoms with Gasteiger partial charge in [-0.25, -0.2) is 0 Å². The third-order valence-corrected chi connectivity index (χ3v) is 4.88. The minimum absolute atomic E-state index is 0.0129. The third kappa shape index (κ3) is 2.13. The van der Waals surface area contributed by atoms with Crippen molar-refractivity contribution in [3.05, 3.63) is 24.3 Å². The average Bonchev–Trinajstić information content (AvgIpc) is 3.37. The van der Waals surface area contributed by atoms with Crippen molar-refractivity contribution in [3.8, 4) is 5.75 Å². The molecule has 0 radical (unpaired) electrons. The molecular formula is C16H20N2O2. The molecule has 3 aliphatic rings. The minimum Gasteiger partial charge on any atom is -0.477 e. The molecular weight excluding hydrogens is 252 g/mol. The molecule has 2 saturated carbocycles. The van der Waals surface area contributed by atoms with Gasteiger partial charge in [0.1, 0.15) is 5.75 Å². The van der Waals surface area contributed by atoms with E-state index in [0.717, 1.165) is 23.9 Å². The largest absolute Gasteiger partial charge is 0.477 e. The molecule has 1 amide bonds. The first kappa shape index (κ1) is 12.1. The fourth-order valence-corrected chi connectivity index (χ4v) is 3.22. The number of amides is 1. The lowest BCUT2D eigenvalue weighted by Gasteiger charge is -2.27. The van der Waals surface area contributed by atoms with Gasteiger partial charge in [0.15, 0.2) is 6.10 Å². The molecule has 106 valence electrons. The molecule has 1 unspecified atom stereocenters. The molecule has 0 bridgehead atoms. The molecule has 1 heterocycles. The fraction of sp³-hybridized carbons (Fsp3) is 0.562. The summed E-state index contributed by atoms with van der Waals surface area (Å²) in [6.07, 6.45) is 4.85. The van der Waals surface area contributed by atoms with E-state index < -0.39 is 6.10 Å². The van der Waals surface area contributed by atoms with E-state index in [1.165, 1.54) is 25.7 Å². The Morgan fingerprint density at radius 2 is 2.15 bits per heavy atom. The number of benzene rings is 1.